The molecule has 2 aromatic heterocycles. The molecule has 1 atom stereocenters. The molecule has 0 bridgehead atoms. The molecule has 6 aromatic rings. The Bertz CT molecular complexity index is 1900. The van der Waals surface area contributed by atoms with E-state index in [-0.39, 0.29) is 5.91 Å². The lowest BCUT2D eigenvalue weighted by Crippen LogP contribution is -2.28. The number of amides is 1. The zero-order chi connectivity index (χ0) is 27.4. The molecule has 1 unspecified atom stereocenters. The number of hydrogen-bond donors (Lipinski definition) is 0. The molecule has 7 rings (SSSR count). The summed E-state index contributed by atoms with van der Waals surface area (Å²) in [5.74, 6) is -0.141. The molecule has 40 heavy (non-hydrogen) atoms. The van der Waals surface area contributed by atoms with E-state index in [0.717, 1.165) is 33.5 Å². The van der Waals surface area contributed by atoms with Gasteiger partial charge < -0.3 is 0 Å². The number of carbonyl (C=O) groups excluding carboxylic acids is 1. The van der Waals surface area contributed by atoms with Crippen LogP contribution < -0.4 is 4.90 Å². The zero-order valence-electron chi connectivity index (χ0n) is 21.4. The Balaban J connectivity index is 1.61. The first-order valence-electron chi connectivity index (χ1n) is 12.9. The van der Waals surface area contributed by atoms with E-state index in [1.54, 1.807) is 6.07 Å². The maximum Gasteiger partial charge on any atom is 0.261 e. The smallest absolute Gasteiger partial charge is 0.261 e. The third kappa shape index (κ3) is 3.89. The first-order chi connectivity index (χ1) is 19.5. The Morgan fingerprint density at radius 1 is 0.750 bits per heavy atom. The van der Waals surface area contributed by atoms with Crippen LogP contribution in [0.3, 0.4) is 0 Å². The molecule has 0 radical (unpaired) electrons. The second-order valence-corrected chi connectivity index (χ2v) is 10.6. The van der Waals surface area contributed by atoms with Gasteiger partial charge >= 0.3 is 0 Å². The summed E-state index contributed by atoms with van der Waals surface area (Å²) in [7, 11) is 0. The van der Waals surface area contributed by atoms with Gasteiger partial charge in [0.2, 0.25) is 0 Å². The van der Waals surface area contributed by atoms with E-state index in [0.29, 0.717) is 32.6 Å². The number of halogens is 2. The van der Waals surface area contributed by atoms with Gasteiger partial charge in [-0.3, -0.25) is 9.69 Å². The second kappa shape index (κ2) is 9.63. The third-order valence-electron chi connectivity index (χ3n) is 7.31. The van der Waals surface area contributed by atoms with Crippen molar-refractivity contribution >= 4 is 45.8 Å². The molecule has 0 spiro atoms. The lowest BCUT2D eigenvalue weighted by molar-refractivity contribution is 0.0994. The van der Waals surface area contributed by atoms with E-state index >= 15 is 0 Å². The number of hydrogen-bond acceptors (Lipinski definition) is 3. The molecule has 0 fully saturated rings. The van der Waals surface area contributed by atoms with Crippen LogP contribution in [0.5, 0.6) is 0 Å². The lowest BCUT2D eigenvalue weighted by atomic mass is 9.92. The molecule has 0 saturated carbocycles. The summed E-state index contributed by atoms with van der Waals surface area (Å²) >= 11 is 12.7. The number of anilines is 1. The maximum absolute atomic E-state index is 14.6. The predicted molar refractivity (Wildman–Crippen MR) is 161 cm³/mol. The van der Waals surface area contributed by atoms with Crippen LogP contribution in [-0.2, 0) is 0 Å². The van der Waals surface area contributed by atoms with Crippen LogP contribution in [-0.4, -0.2) is 20.7 Å². The van der Waals surface area contributed by atoms with Crippen molar-refractivity contribution in [3.8, 4) is 16.9 Å². The van der Waals surface area contributed by atoms with Crippen LogP contribution in [0.15, 0.2) is 109 Å². The van der Waals surface area contributed by atoms with Crippen LogP contribution in [0.25, 0.3) is 28.0 Å². The van der Waals surface area contributed by atoms with Gasteiger partial charge in [-0.05, 0) is 55.0 Å². The largest absolute Gasteiger partial charge is 0.297 e. The van der Waals surface area contributed by atoms with Gasteiger partial charge in [0.25, 0.3) is 5.91 Å². The van der Waals surface area contributed by atoms with E-state index in [4.69, 9.17) is 33.3 Å². The summed E-state index contributed by atoms with van der Waals surface area (Å²) in [4.78, 5) is 21.5. The monoisotopic (exact) mass is 560 g/mol. The Labute approximate surface area is 241 Å². The Hall–Kier alpha value is -4.45. The Morgan fingerprint density at radius 2 is 1.43 bits per heavy atom. The summed E-state index contributed by atoms with van der Waals surface area (Å²) in [6, 6.07) is 34.4. The highest BCUT2D eigenvalue weighted by Gasteiger charge is 2.44. The average Bonchev–Trinajstić information content (AvgIpc) is 3.48. The van der Waals surface area contributed by atoms with Gasteiger partial charge in [0.1, 0.15) is 0 Å². The summed E-state index contributed by atoms with van der Waals surface area (Å²) in [6.45, 7) is 1.97. The maximum atomic E-state index is 14.6. The minimum absolute atomic E-state index is 0.141. The van der Waals surface area contributed by atoms with Gasteiger partial charge in [0.15, 0.2) is 5.65 Å². The van der Waals surface area contributed by atoms with E-state index in [9.17, 15) is 4.79 Å². The van der Waals surface area contributed by atoms with Crippen LogP contribution in [0.4, 0.5) is 5.69 Å². The van der Waals surface area contributed by atoms with Gasteiger partial charge in [0.05, 0.1) is 28.7 Å². The van der Waals surface area contributed by atoms with Crippen molar-refractivity contribution in [2.24, 2.45) is 0 Å². The van der Waals surface area contributed by atoms with Crippen molar-refractivity contribution in [3.05, 3.63) is 142 Å². The minimum Gasteiger partial charge on any atom is -0.297 e. The standard InChI is InChI=1S/C33H22Cl2N4O/c1-20-27-28-29(30(21-9-4-2-5-10-21)36-32(27)39(37-20)25-12-6-3-7-13-25)33(40)38(26-14-8-11-24(35)19-26)31(28)22-15-17-23(34)18-16-22/h2-19,31H,1H3. The number of benzene rings is 4. The van der Waals surface area contributed by atoms with Crippen molar-refractivity contribution in [1.82, 2.24) is 14.8 Å². The molecular weight excluding hydrogens is 539 g/mol. The van der Waals surface area contributed by atoms with Gasteiger partial charge in [-0.2, -0.15) is 5.10 Å². The SMILES string of the molecule is Cc1nn(-c2ccccc2)c2nc(-c3ccccc3)c3c(c12)C(c1ccc(Cl)cc1)N(c1cccc(Cl)c1)C3=O. The number of rotatable bonds is 4. The van der Waals surface area contributed by atoms with Gasteiger partial charge in [-0.15, -0.1) is 0 Å². The fourth-order valence-corrected chi connectivity index (χ4v) is 5.92. The predicted octanol–water partition coefficient (Wildman–Crippen LogP) is 8.45. The molecule has 5 nitrogen and oxygen atoms in total. The Morgan fingerprint density at radius 3 is 2.12 bits per heavy atom. The van der Waals surface area contributed by atoms with Crippen molar-refractivity contribution in [3.63, 3.8) is 0 Å². The molecule has 4 aromatic carbocycles. The highest BCUT2D eigenvalue weighted by atomic mass is 35.5. The average molecular weight is 561 g/mol. The quantitative estimate of drug-likeness (QED) is 0.217. The normalized spacial score (nSPS) is 14.6. The van der Waals surface area contributed by atoms with E-state index in [1.807, 2.05) is 120 Å². The zero-order valence-corrected chi connectivity index (χ0v) is 22.9. The molecule has 7 heteroatoms. The highest BCUT2D eigenvalue weighted by molar-refractivity contribution is 6.31. The minimum atomic E-state index is -0.446. The van der Waals surface area contributed by atoms with Crippen molar-refractivity contribution < 1.29 is 4.79 Å². The third-order valence-corrected chi connectivity index (χ3v) is 7.80. The number of para-hydroxylation sites is 1. The topological polar surface area (TPSA) is 51.0 Å². The van der Waals surface area contributed by atoms with Crippen LogP contribution in [0, 0.1) is 6.92 Å². The molecule has 1 aliphatic heterocycles. The fraction of sp³-hybridized carbons (Fsp3) is 0.0606. The van der Waals surface area contributed by atoms with Crippen molar-refractivity contribution in [2.75, 3.05) is 4.90 Å². The Kier molecular flexibility index (Phi) is 5.92. The number of aryl methyl sites for hydroxylation is 1. The molecule has 1 amide bonds. The number of nitrogens with zero attached hydrogens (tertiary/aromatic N) is 4. The highest BCUT2D eigenvalue weighted by Crippen LogP contribution is 2.48. The van der Waals surface area contributed by atoms with Gasteiger partial charge in [0, 0.05) is 32.2 Å². The second-order valence-electron chi connectivity index (χ2n) is 9.76. The van der Waals surface area contributed by atoms with Crippen molar-refractivity contribution in [2.45, 2.75) is 13.0 Å². The summed E-state index contributed by atoms with van der Waals surface area (Å²) in [6.07, 6.45) is 0. The summed E-state index contributed by atoms with van der Waals surface area (Å²) in [5, 5.41) is 6.97. The van der Waals surface area contributed by atoms with Crippen LogP contribution >= 0.6 is 23.2 Å². The fourth-order valence-electron chi connectivity index (χ4n) is 5.61. The molecule has 0 aliphatic carbocycles. The van der Waals surface area contributed by atoms with Crippen LogP contribution in [0.1, 0.15) is 33.2 Å². The summed E-state index contributed by atoms with van der Waals surface area (Å²) in [5.41, 5.74) is 6.92. The molecule has 1 aliphatic rings. The van der Waals surface area contributed by atoms with E-state index in [1.165, 1.54) is 0 Å². The van der Waals surface area contributed by atoms with Crippen LogP contribution in [0.2, 0.25) is 10.0 Å². The number of fused-ring (bicyclic) bond motifs is 3. The number of carbonyl (C=O) groups is 1. The van der Waals surface area contributed by atoms with E-state index < -0.39 is 6.04 Å². The lowest BCUT2D eigenvalue weighted by Gasteiger charge is -2.26. The molecule has 0 N–H and O–H groups in total. The van der Waals surface area contributed by atoms with E-state index in [2.05, 4.69) is 0 Å². The molecular formula is C33H22Cl2N4O. The van der Waals surface area contributed by atoms with Crippen molar-refractivity contribution in [1.29, 1.82) is 0 Å². The summed E-state index contributed by atoms with van der Waals surface area (Å²) < 4.78 is 1.86. The van der Waals surface area contributed by atoms with Gasteiger partial charge in [-0.25, -0.2) is 9.67 Å². The number of aromatic nitrogens is 3. The first-order valence-corrected chi connectivity index (χ1v) is 13.7. The first kappa shape index (κ1) is 24.6. The molecule has 3 heterocycles. The van der Waals surface area contributed by atoms with Gasteiger partial charge in [-0.1, -0.05) is 89.9 Å². The number of pyridine rings is 1. The molecule has 194 valence electrons. The molecule has 0 saturated heterocycles.